The minimum absolute atomic E-state index is 0.147. The molecule has 122 valence electrons. The fourth-order valence-corrected chi connectivity index (χ4v) is 3.60. The van der Waals surface area contributed by atoms with Gasteiger partial charge in [-0.25, -0.2) is 4.79 Å². The summed E-state index contributed by atoms with van der Waals surface area (Å²) in [5, 5.41) is 0. The van der Waals surface area contributed by atoms with Gasteiger partial charge in [0, 0.05) is 31.2 Å². The van der Waals surface area contributed by atoms with Crippen LogP contribution in [0, 0.1) is 0 Å². The van der Waals surface area contributed by atoms with Crippen molar-refractivity contribution in [1.29, 1.82) is 0 Å². The highest BCUT2D eigenvalue weighted by molar-refractivity contribution is 5.67. The molecule has 21 heavy (non-hydrogen) atoms. The molecule has 0 aromatic carbocycles. The van der Waals surface area contributed by atoms with Gasteiger partial charge in [0.1, 0.15) is 0 Å². The third kappa shape index (κ3) is 4.10. The average Bonchev–Trinajstić information content (AvgIpc) is 2.50. The van der Waals surface area contributed by atoms with E-state index in [-0.39, 0.29) is 6.09 Å². The normalized spacial score (nSPS) is 28.9. The lowest BCUT2D eigenvalue weighted by molar-refractivity contribution is 0.0436. The predicted molar refractivity (Wildman–Crippen MR) is 84.5 cm³/mol. The number of hydrogen-bond acceptors (Lipinski definition) is 4. The summed E-state index contributed by atoms with van der Waals surface area (Å²) in [5.74, 6) is 0. The maximum Gasteiger partial charge on any atom is 0.409 e. The van der Waals surface area contributed by atoms with Crippen molar-refractivity contribution < 1.29 is 9.53 Å². The lowest BCUT2D eigenvalue weighted by atomic mass is 9.94. The molecule has 2 rings (SSSR count). The number of rotatable bonds is 3. The molecule has 0 bridgehead atoms. The highest BCUT2D eigenvalue weighted by atomic mass is 16.6. The Morgan fingerprint density at radius 1 is 1.19 bits per heavy atom. The fraction of sp³-hybridized carbons (Fsp3) is 0.938. The Kier molecular flexibility index (Phi) is 5.88. The molecule has 2 atom stereocenters. The van der Waals surface area contributed by atoms with Crippen LogP contribution in [-0.4, -0.2) is 79.3 Å². The lowest BCUT2D eigenvalue weighted by Gasteiger charge is -2.44. The van der Waals surface area contributed by atoms with Crippen LogP contribution in [-0.2, 0) is 4.74 Å². The van der Waals surface area contributed by atoms with Crippen molar-refractivity contribution in [3.63, 3.8) is 0 Å². The Morgan fingerprint density at radius 2 is 1.81 bits per heavy atom. The summed E-state index contributed by atoms with van der Waals surface area (Å²) in [4.78, 5) is 18.6. The molecule has 5 heteroatoms. The van der Waals surface area contributed by atoms with Gasteiger partial charge >= 0.3 is 6.09 Å². The largest absolute Gasteiger partial charge is 0.450 e. The first-order chi connectivity index (χ1) is 10.0. The zero-order valence-electron chi connectivity index (χ0n) is 14.0. The van der Waals surface area contributed by atoms with E-state index >= 15 is 0 Å². The van der Waals surface area contributed by atoms with Gasteiger partial charge < -0.3 is 19.4 Å². The number of hydrogen-bond donors (Lipinski definition) is 0. The third-order valence-corrected chi connectivity index (χ3v) is 5.32. The van der Waals surface area contributed by atoms with E-state index in [0.29, 0.717) is 24.7 Å². The van der Waals surface area contributed by atoms with Crippen LogP contribution < -0.4 is 0 Å². The van der Waals surface area contributed by atoms with E-state index in [9.17, 15) is 4.79 Å². The summed E-state index contributed by atoms with van der Waals surface area (Å²) >= 11 is 0. The molecule has 2 heterocycles. The molecule has 2 fully saturated rings. The average molecular weight is 297 g/mol. The molecule has 0 unspecified atom stereocenters. The van der Waals surface area contributed by atoms with Crippen molar-refractivity contribution in [1.82, 2.24) is 14.7 Å². The highest BCUT2D eigenvalue weighted by Crippen LogP contribution is 2.25. The summed E-state index contributed by atoms with van der Waals surface area (Å²) in [6.45, 7) is 7.50. The van der Waals surface area contributed by atoms with Gasteiger partial charge in [0.25, 0.3) is 0 Å². The van der Waals surface area contributed by atoms with Crippen LogP contribution in [0.4, 0.5) is 4.79 Å². The minimum Gasteiger partial charge on any atom is -0.450 e. The first-order valence-corrected chi connectivity index (χ1v) is 8.36. The van der Waals surface area contributed by atoms with Gasteiger partial charge in [-0.3, -0.25) is 0 Å². The van der Waals surface area contributed by atoms with Crippen molar-refractivity contribution >= 4 is 6.09 Å². The molecule has 0 spiro atoms. The van der Waals surface area contributed by atoms with Gasteiger partial charge in [-0.2, -0.15) is 0 Å². The second kappa shape index (κ2) is 7.45. The van der Waals surface area contributed by atoms with Gasteiger partial charge in [-0.05, 0) is 60.2 Å². The first kappa shape index (κ1) is 16.6. The van der Waals surface area contributed by atoms with Crippen molar-refractivity contribution in [3.05, 3.63) is 0 Å². The quantitative estimate of drug-likeness (QED) is 0.798. The smallest absolute Gasteiger partial charge is 0.409 e. The summed E-state index contributed by atoms with van der Waals surface area (Å²) in [6, 6.07) is 1.97. The number of ether oxygens (including phenoxy) is 1. The highest BCUT2D eigenvalue weighted by Gasteiger charge is 2.32. The monoisotopic (exact) mass is 297 g/mol. The maximum atomic E-state index is 11.7. The Labute approximate surface area is 129 Å². The molecule has 2 aliphatic rings. The Morgan fingerprint density at radius 3 is 2.38 bits per heavy atom. The fourth-order valence-electron chi connectivity index (χ4n) is 3.60. The number of nitrogens with zero attached hydrogens (tertiary/aromatic N) is 3. The molecule has 0 aliphatic carbocycles. The number of piperidine rings is 2. The number of amides is 1. The number of likely N-dealkylation sites (tertiary alicyclic amines) is 2. The maximum absolute atomic E-state index is 11.7. The van der Waals surface area contributed by atoms with Crippen LogP contribution in [0.1, 0.15) is 39.5 Å². The molecule has 2 aliphatic heterocycles. The lowest BCUT2D eigenvalue weighted by Crippen LogP contribution is -2.52. The van der Waals surface area contributed by atoms with Crippen LogP contribution in [0.3, 0.4) is 0 Å². The molecular formula is C16H31N3O2. The van der Waals surface area contributed by atoms with E-state index in [1.54, 1.807) is 0 Å². The molecule has 2 saturated heterocycles. The molecule has 0 N–H and O–H groups in total. The van der Waals surface area contributed by atoms with Crippen LogP contribution >= 0.6 is 0 Å². The van der Waals surface area contributed by atoms with Crippen molar-refractivity contribution in [2.45, 2.75) is 57.7 Å². The minimum atomic E-state index is -0.147. The molecule has 0 aromatic rings. The van der Waals surface area contributed by atoms with E-state index in [1.165, 1.54) is 19.4 Å². The summed E-state index contributed by atoms with van der Waals surface area (Å²) in [7, 11) is 4.49. The van der Waals surface area contributed by atoms with Crippen LogP contribution in [0.25, 0.3) is 0 Å². The zero-order valence-corrected chi connectivity index (χ0v) is 14.0. The molecule has 0 aromatic heterocycles. The van der Waals surface area contributed by atoms with E-state index in [2.05, 4.69) is 30.8 Å². The Balaban J connectivity index is 1.80. The van der Waals surface area contributed by atoms with Crippen molar-refractivity contribution in [2.75, 3.05) is 40.3 Å². The van der Waals surface area contributed by atoms with E-state index < -0.39 is 0 Å². The number of carbonyl (C=O) groups excluding carboxylic acids is 1. The third-order valence-electron chi connectivity index (χ3n) is 5.32. The van der Waals surface area contributed by atoms with Gasteiger partial charge in [-0.15, -0.1) is 0 Å². The Hall–Kier alpha value is -0.810. The molecule has 1 amide bonds. The van der Waals surface area contributed by atoms with Crippen molar-refractivity contribution in [2.24, 2.45) is 0 Å². The molecule has 5 nitrogen and oxygen atoms in total. The topological polar surface area (TPSA) is 36.0 Å². The van der Waals surface area contributed by atoms with Gasteiger partial charge in [-0.1, -0.05) is 0 Å². The standard InChI is InChI=1S/C16H31N3O2/c1-5-21-16(20)19-10-7-14(8-11-19)18(4)15-6-9-17(3)13(2)12-15/h13-15H,5-12H2,1-4H3/t13-,15-/m1/s1. The second-order valence-corrected chi connectivity index (χ2v) is 6.59. The summed E-state index contributed by atoms with van der Waals surface area (Å²) in [6.07, 6.45) is 4.50. The van der Waals surface area contributed by atoms with E-state index in [4.69, 9.17) is 4.74 Å². The van der Waals surface area contributed by atoms with Crippen LogP contribution in [0.15, 0.2) is 0 Å². The predicted octanol–water partition coefficient (Wildman–Crippen LogP) is 2.02. The van der Waals surface area contributed by atoms with Gasteiger partial charge in [0.15, 0.2) is 0 Å². The van der Waals surface area contributed by atoms with Crippen LogP contribution in [0.5, 0.6) is 0 Å². The summed E-state index contributed by atoms with van der Waals surface area (Å²) in [5.41, 5.74) is 0. The number of carbonyl (C=O) groups is 1. The van der Waals surface area contributed by atoms with Crippen molar-refractivity contribution in [3.8, 4) is 0 Å². The van der Waals surface area contributed by atoms with Crippen LogP contribution in [0.2, 0.25) is 0 Å². The molecule has 0 saturated carbocycles. The first-order valence-electron chi connectivity index (χ1n) is 8.36. The summed E-state index contributed by atoms with van der Waals surface area (Å²) < 4.78 is 5.09. The SMILES string of the molecule is CCOC(=O)N1CCC(N(C)[C@@H]2CCN(C)[C@H](C)C2)CC1. The molecular weight excluding hydrogens is 266 g/mol. The second-order valence-electron chi connectivity index (χ2n) is 6.59. The van der Waals surface area contributed by atoms with E-state index in [1.807, 2.05) is 11.8 Å². The van der Waals surface area contributed by atoms with E-state index in [0.717, 1.165) is 25.9 Å². The van der Waals surface area contributed by atoms with Gasteiger partial charge in [0.05, 0.1) is 6.61 Å². The zero-order chi connectivity index (χ0) is 15.4. The molecule has 0 radical (unpaired) electrons. The Bertz CT molecular complexity index is 342. The van der Waals surface area contributed by atoms with Gasteiger partial charge in [0.2, 0.25) is 0 Å².